The van der Waals surface area contributed by atoms with Crippen LogP contribution in [-0.2, 0) is 23.6 Å². The first-order valence-electron chi connectivity index (χ1n) is 18.4. The monoisotopic (exact) mass is 738 g/mol. The van der Waals surface area contributed by atoms with E-state index in [2.05, 4.69) is 32.2 Å². The number of hydrogen-bond acceptors (Lipinski definition) is 9. The molecule has 11 heteroatoms. The predicted octanol–water partition coefficient (Wildman–Crippen LogP) is 8.08. The highest BCUT2D eigenvalue weighted by Gasteiger charge is 2.30. The number of amides is 1. The number of likely N-dealkylation sites (tertiary alicyclic amines) is 1. The van der Waals surface area contributed by atoms with E-state index < -0.39 is 0 Å². The summed E-state index contributed by atoms with van der Waals surface area (Å²) in [5.41, 5.74) is 15.7. The number of ether oxygens (including phenoxy) is 3. The van der Waals surface area contributed by atoms with E-state index in [1.54, 1.807) is 31.3 Å². The molecule has 1 atom stereocenters. The molecule has 2 aromatic heterocycles. The summed E-state index contributed by atoms with van der Waals surface area (Å²) in [5.74, 6) is 1.67. The molecule has 280 valence electrons. The third kappa shape index (κ3) is 7.68. The number of pyridine rings is 2. The first-order chi connectivity index (χ1) is 25.6. The van der Waals surface area contributed by atoms with Crippen molar-refractivity contribution in [2.24, 2.45) is 0 Å². The smallest absolute Gasteiger partial charge is 0.256 e. The number of benzene rings is 2. The van der Waals surface area contributed by atoms with Gasteiger partial charge in [0.15, 0.2) is 11.5 Å². The Morgan fingerprint density at radius 1 is 1.00 bits per heavy atom. The standard InChI is InChI=1S/C42H50N4O6S/c1-8-28-30-19-27(51-17-11-10-12-18-52-38-22-34(43)32(21-37(38)49-6)41(47)45-16-15-26(5)23-45)13-14-35(30)44-39-33(28)24-46-36(39)20-31(29(9-2)42(46)48)40(25(3)4)53-50-7/h13-14,19-22,40H,3,5,8-12,15-18,23-24,43H2,1-2,4,6-7H3. The molecular weight excluding hydrogens is 689 g/mol. The molecule has 1 amide bonds. The van der Waals surface area contributed by atoms with E-state index >= 15 is 0 Å². The highest BCUT2D eigenvalue weighted by atomic mass is 32.2. The number of fused-ring (bicyclic) bond motifs is 4. The van der Waals surface area contributed by atoms with Crippen molar-refractivity contribution in [2.75, 3.05) is 46.3 Å². The van der Waals surface area contributed by atoms with Crippen LogP contribution in [-0.4, -0.2) is 60.9 Å². The summed E-state index contributed by atoms with van der Waals surface area (Å²) in [7, 11) is 3.20. The maximum Gasteiger partial charge on any atom is 0.256 e. The number of rotatable bonds is 16. The molecule has 4 heterocycles. The van der Waals surface area contributed by atoms with Gasteiger partial charge in [-0.3, -0.25) is 9.59 Å². The van der Waals surface area contributed by atoms with E-state index in [1.165, 1.54) is 17.6 Å². The number of aromatic nitrogens is 2. The van der Waals surface area contributed by atoms with E-state index in [-0.39, 0.29) is 16.7 Å². The van der Waals surface area contributed by atoms with Crippen molar-refractivity contribution in [2.45, 2.75) is 71.1 Å². The molecule has 1 fully saturated rings. The molecule has 2 aliphatic heterocycles. The molecule has 1 saturated heterocycles. The third-order valence-corrected chi connectivity index (χ3v) is 11.2. The van der Waals surface area contributed by atoms with Crippen LogP contribution in [0, 0.1) is 0 Å². The van der Waals surface area contributed by atoms with Crippen molar-refractivity contribution >= 4 is 34.5 Å². The number of hydrogen-bond donors (Lipinski definition) is 1. The molecule has 53 heavy (non-hydrogen) atoms. The number of aryl methyl sites for hydroxylation is 1. The van der Waals surface area contributed by atoms with Gasteiger partial charge >= 0.3 is 0 Å². The zero-order valence-electron chi connectivity index (χ0n) is 31.5. The SMILES string of the molecule is C=C1CCN(C(=O)c2cc(OC)c(OCCCCCOc3ccc4nc5c(c(CC)c4c3)Cn3c-5cc(C(SOC)C(=C)C)c(CC)c3=O)cc2N)C1. The van der Waals surface area contributed by atoms with E-state index in [0.717, 1.165) is 88.0 Å². The van der Waals surface area contributed by atoms with Crippen molar-refractivity contribution in [3.05, 3.63) is 98.9 Å². The molecular formula is C42H50N4O6S. The van der Waals surface area contributed by atoms with Crippen molar-refractivity contribution in [1.82, 2.24) is 14.5 Å². The van der Waals surface area contributed by atoms with Crippen molar-refractivity contribution in [3.63, 3.8) is 0 Å². The fraction of sp³-hybridized carbons (Fsp3) is 0.405. The molecule has 2 aromatic carbocycles. The van der Waals surface area contributed by atoms with Gasteiger partial charge in [0.25, 0.3) is 11.5 Å². The summed E-state index contributed by atoms with van der Waals surface area (Å²) in [6.07, 6.45) is 4.81. The molecule has 0 aliphatic carbocycles. The molecule has 0 spiro atoms. The summed E-state index contributed by atoms with van der Waals surface area (Å²) < 4.78 is 25.1. The Labute approximate surface area is 316 Å². The molecule has 1 unspecified atom stereocenters. The second-order valence-electron chi connectivity index (χ2n) is 13.7. The number of nitrogens with two attached hydrogens (primary N) is 1. The third-order valence-electron chi connectivity index (χ3n) is 10.1. The van der Waals surface area contributed by atoms with E-state index in [0.29, 0.717) is 62.0 Å². The van der Waals surface area contributed by atoms with Crippen LogP contribution in [0.15, 0.2) is 65.5 Å². The molecule has 10 nitrogen and oxygen atoms in total. The lowest BCUT2D eigenvalue weighted by molar-refractivity contribution is 0.0797. The molecule has 2 N–H and O–H groups in total. The van der Waals surface area contributed by atoms with Crippen LogP contribution in [0.4, 0.5) is 5.69 Å². The maximum absolute atomic E-state index is 13.9. The van der Waals surface area contributed by atoms with Gasteiger partial charge in [0.1, 0.15) is 5.75 Å². The lowest BCUT2D eigenvalue weighted by Crippen LogP contribution is -2.28. The number of nitrogen functional groups attached to an aromatic ring is 1. The summed E-state index contributed by atoms with van der Waals surface area (Å²) in [4.78, 5) is 33.7. The normalized spacial score (nSPS) is 14.0. The van der Waals surface area contributed by atoms with E-state index in [9.17, 15) is 9.59 Å². The molecule has 6 rings (SSSR count). The average Bonchev–Trinajstić information content (AvgIpc) is 3.75. The van der Waals surface area contributed by atoms with Crippen LogP contribution >= 0.6 is 12.0 Å². The zero-order valence-corrected chi connectivity index (χ0v) is 32.3. The van der Waals surface area contributed by atoms with Gasteiger partial charge in [-0.25, -0.2) is 4.98 Å². The molecule has 2 aliphatic rings. The highest BCUT2D eigenvalue weighted by Crippen LogP contribution is 2.42. The average molecular weight is 739 g/mol. The van der Waals surface area contributed by atoms with Gasteiger partial charge in [-0.15, -0.1) is 0 Å². The maximum atomic E-state index is 13.9. The Morgan fingerprint density at radius 2 is 1.75 bits per heavy atom. The quantitative estimate of drug-likeness (QED) is 0.0464. The van der Waals surface area contributed by atoms with Crippen LogP contribution in [0.3, 0.4) is 0 Å². The second kappa shape index (κ2) is 16.5. The Kier molecular flexibility index (Phi) is 11.8. The van der Waals surface area contributed by atoms with Crippen LogP contribution in [0.1, 0.15) is 84.3 Å². The number of anilines is 1. The first kappa shape index (κ1) is 38.0. The minimum Gasteiger partial charge on any atom is -0.494 e. The Bertz CT molecular complexity index is 2130. The van der Waals surface area contributed by atoms with Crippen LogP contribution in [0.5, 0.6) is 17.2 Å². The van der Waals surface area contributed by atoms with Crippen LogP contribution in [0.25, 0.3) is 22.3 Å². The van der Waals surface area contributed by atoms with E-state index in [4.69, 9.17) is 29.1 Å². The predicted molar refractivity (Wildman–Crippen MR) is 213 cm³/mol. The van der Waals surface area contributed by atoms with Crippen molar-refractivity contribution < 1.29 is 23.2 Å². The van der Waals surface area contributed by atoms with Crippen molar-refractivity contribution in [1.29, 1.82) is 0 Å². The number of carbonyl (C=O) groups is 1. The first-order valence-corrected chi connectivity index (χ1v) is 19.2. The molecule has 0 radical (unpaired) electrons. The summed E-state index contributed by atoms with van der Waals surface area (Å²) in [6, 6.07) is 11.5. The van der Waals surface area contributed by atoms with Gasteiger partial charge in [0.05, 0.1) is 61.7 Å². The summed E-state index contributed by atoms with van der Waals surface area (Å²) >= 11 is 1.32. The van der Waals surface area contributed by atoms with Gasteiger partial charge in [-0.2, -0.15) is 0 Å². The fourth-order valence-electron chi connectivity index (χ4n) is 7.38. The Hall–Kier alpha value is -4.74. The Balaban J connectivity index is 1.08. The molecule has 4 aromatic rings. The Morgan fingerprint density at radius 3 is 2.42 bits per heavy atom. The summed E-state index contributed by atoms with van der Waals surface area (Å²) in [6.45, 7) is 17.1. The minimum atomic E-state index is -0.143. The largest absolute Gasteiger partial charge is 0.494 e. The van der Waals surface area contributed by atoms with Gasteiger partial charge in [-0.1, -0.05) is 38.2 Å². The lowest BCUT2D eigenvalue weighted by Gasteiger charge is -2.20. The lowest BCUT2D eigenvalue weighted by atomic mass is 9.97. The molecule has 0 saturated carbocycles. The van der Waals surface area contributed by atoms with Crippen molar-refractivity contribution in [3.8, 4) is 28.6 Å². The van der Waals surface area contributed by atoms with Gasteiger partial charge in [0.2, 0.25) is 0 Å². The molecule has 0 bridgehead atoms. The van der Waals surface area contributed by atoms with Crippen LogP contribution < -0.4 is 25.5 Å². The minimum absolute atomic E-state index is 0.0271. The summed E-state index contributed by atoms with van der Waals surface area (Å²) in [5, 5.41) is 0.909. The van der Waals surface area contributed by atoms with Crippen LogP contribution in [0.2, 0.25) is 0 Å². The van der Waals surface area contributed by atoms with Gasteiger partial charge in [0, 0.05) is 53.4 Å². The fourth-order valence-corrected chi connectivity index (χ4v) is 8.05. The number of nitrogens with zero attached hydrogens (tertiary/aromatic N) is 3. The van der Waals surface area contributed by atoms with Gasteiger partial charge < -0.3 is 33.6 Å². The van der Waals surface area contributed by atoms with Gasteiger partial charge in [-0.05, 0) is 86.9 Å². The number of methoxy groups -OCH3 is 1. The number of carbonyl (C=O) groups excluding carboxylic acids is 1. The highest BCUT2D eigenvalue weighted by molar-refractivity contribution is 7.95. The second-order valence-corrected chi connectivity index (χ2v) is 14.7. The van der Waals surface area contributed by atoms with E-state index in [1.807, 2.05) is 30.5 Å². The zero-order chi connectivity index (χ0) is 37.8. The number of unbranched alkanes of at least 4 members (excludes halogenated alkanes) is 2. The topological polar surface area (TPSA) is 118 Å².